The Labute approximate surface area is 150 Å². The number of aryl methyl sites for hydroxylation is 1. The minimum Gasteiger partial charge on any atom is -0.465 e. The standard InChI is InChI=1S/C16H12ClNO4S2/c1-8-13(15(19)21-2)24-11(18-8)7-22-16(20)14-12(17)9-5-3-4-6-10(9)23-14/h3-6H,7H2,1-2H3. The summed E-state index contributed by atoms with van der Waals surface area (Å²) in [7, 11) is 1.31. The van der Waals surface area contributed by atoms with Crippen molar-refractivity contribution in [3.05, 3.63) is 49.7 Å². The second-order valence-electron chi connectivity index (χ2n) is 4.83. The number of rotatable bonds is 4. The van der Waals surface area contributed by atoms with Crippen LogP contribution < -0.4 is 0 Å². The van der Waals surface area contributed by atoms with Gasteiger partial charge in [-0.25, -0.2) is 14.6 Å². The molecule has 0 saturated heterocycles. The van der Waals surface area contributed by atoms with Crippen LogP contribution in [0.5, 0.6) is 0 Å². The summed E-state index contributed by atoms with van der Waals surface area (Å²) in [6.07, 6.45) is 0. The van der Waals surface area contributed by atoms with E-state index in [4.69, 9.17) is 16.3 Å². The smallest absolute Gasteiger partial charge is 0.350 e. The lowest BCUT2D eigenvalue weighted by atomic mass is 10.2. The van der Waals surface area contributed by atoms with Crippen molar-refractivity contribution < 1.29 is 19.1 Å². The molecule has 0 aliphatic rings. The molecule has 0 N–H and O–H groups in total. The summed E-state index contributed by atoms with van der Waals surface area (Å²) in [5.41, 5.74) is 0.554. The molecule has 2 aromatic heterocycles. The third-order valence-electron chi connectivity index (χ3n) is 3.26. The van der Waals surface area contributed by atoms with Crippen LogP contribution in [-0.2, 0) is 16.1 Å². The molecule has 5 nitrogen and oxygen atoms in total. The Balaban J connectivity index is 1.75. The fourth-order valence-electron chi connectivity index (χ4n) is 2.13. The lowest BCUT2D eigenvalue weighted by molar-refractivity contribution is 0.0478. The maximum absolute atomic E-state index is 12.3. The molecule has 3 rings (SSSR count). The summed E-state index contributed by atoms with van der Waals surface area (Å²) in [4.78, 5) is 28.8. The van der Waals surface area contributed by atoms with E-state index >= 15 is 0 Å². The minimum absolute atomic E-state index is 0.0219. The first-order valence-electron chi connectivity index (χ1n) is 6.90. The van der Waals surface area contributed by atoms with E-state index in [1.807, 2.05) is 24.3 Å². The highest BCUT2D eigenvalue weighted by molar-refractivity contribution is 7.21. The largest absolute Gasteiger partial charge is 0.465 e. The number of nitrogens with zero attached hydrogens (tertiary/aromatic N) is 1. The van der Waals surface area contributed by atoms with Crippen molar-refractivity contribution in [2.24, 2.45) is 0 Å². The van der Waals surface area contributed by atoms with Crippen LogP contribution >= 0.6 is 34.3 Å². The maximum atomic E-state index is 12.3. The lowest BCUT2D eigenvalue weighted by Gasteiger charge is -2.00. The fraction of sp³-hybridized carbons (Fsp3) is 0.188. The van der Waals surface area contributed by atoms with Crippen molar-refractivity contribution in [1.29, 1.82) is 0 Å². The predicted octanol–water partition coefficient (Wildman–Crippen LogP) is 4.46. The van der Waals surface area contributed by atoms with Crippen molar-refractivity contribution >= 4 is 56.3 Å². The number of ether oxygens (including phenoxy) is 2. The normalized spacial score (nSPS) is 10.8. The zero-order valence-corrected chi connectivity index (χ0v) is 15.2. The van der Waals surface area contributed by atoms with Crippen LogP contribution in [0.25, 0.3) is 10.1 Å². The monoisotopic (exact) mass is 381 g/mol. The number of hydrogen-bond acceptors (Lipinski definition) is 7. The molecule has 0 spiro atoms. The second-order valence-corrected chi connectivity index (χ2v) is 7.34. The molecule has 2 heterocycles. The molecule has 124 valence electrons. The SMILES string of the molecule is COC(=O)c1sc(COC(=O)c2sc3ccccc3c2Cl)nc1C. The van der Waals surface area contributed by atoms with E-state index in [-0.39, 0.29) is 6.61 Å². The number of thiophene rings is 1. The lowest BCUT2D eigenvalue weighted by Crippen LogP contribution is -2.03. The zero-order valence-electron chi connectivity index (χ0n) is 12.8. The third-order valence-corrected chi connectivity index (χ3v) is 6.03. The van der Waals surface area contributed by atoms with E-state index in [1.54, 1.807) is 6.92 Å². The summed E-state index contributed by atoms with van der Waals surface area (Å²) in [5.74, 6) is -0.955. The van der Waals surface area contributed by atoms with Gasteiger partial charge in [0, 0.05) is 10.1 Å². The molecule has 1 aromatic carbocycles. The van der Waals surface area contributed by atoms with Gasteiger partial charge in [0.05, 0.1) is 17.8 Å². The van der Waals surface area contributed by atoms with Gasteiger partial charge in [0.15, 0.2) is 0 Å². The molecule has 0 bridgehead atoms. The second kappa shape index (κ2) is 6.88. The Kier molecular flexibility index (Phi) is 4.84. The molecule has 0 saturated carbocycles. The van der Waals surface area contributed by atoms with Gasteiger partial charge in [0.2, 0.25) is 0 Å². The number of carbonyl (C=O) groups is 2. The van der Waals surface area contributed by atoms with Crippen LogP contribution in [0.4, 0.5) is 0 Å². The number of halogens is 1. The maximum Gasteiger partial charge on any atom is 0.350 e. The number of fused-ring (bicyclic) bond motifs is 1. The van der Waals surface area contributed by atoms with Gasteiger partial charge in [-0.15, -0.1) is 22.7 Å². The molecular formula is C16H12ClNO4S2. The van der Waals surface area contributed by atoms with Crippen LogP contribution in [0.3, 0.4) is 0 Å². The molecule has 0 radical (unpaired) electrons. The van der Waals surface area contributed by atoms with Gasteiger partial charge < -0.3 is 9.47 Å². The van der Waals surface area contributed by atoms with Crippen LogP contribution in [0, 0.1) is 6.92 Å². The van der Waals surface area contributed by atoms with Gasteiger partial charge >= 0.3 is 11.9 Å². The minimum atomic E-state index is -0.506. The zero-order chi connectivity index (χ0) is 17.3. The number of carbonyl (C=O) groups excluding carboxylic acids is 2. The number of aromatic nitrogens is 1. The summed E-state index contributed by atoms with van der Waals surface area (Å²) >= 11 is 8.69. The van der Waals surface area contributed by atoms with Crippen LogP contribution in [-0.4, -0.2) is 24.0 Å². The number of thiazole rings is 1. The molecule has 24 heavy (non-hydrogen) atoms. The third kappa shape index (κ3) is 3.15. The van der Waals surface area contributed by atoms with Gasteiger partial charge in [0.1, 0.15) is 21.4 Å². The highest BCUT2D eigenvalue weighted by atomic mass is 35.5. The van der Waals surface area contributed by atoms with Gasteiger partial charge in [-0.3, -0.25) is 0 Å². The fourth-order valence-corrected chi connectivity index (χ4v) is 4.43. The Morgan fingerprint density at radius 2 is 1.92 bits per heavy atom. The van der Waals surface area contributed by atoms with Crippen LogP contribution in [0.1, 0.15) is 30.0 Å². The molecule has 0 unspecified atom stereocenters. The highest BCUT2D eigenvalue weighted by Crippen LogP contribution is 2.35. The molecule has 0 atom stereocenters. The van der Waals surface area contributed by atoms with Crippen molar-refractivity contribution in [3.63, 3.8) is 0 Å². The quantitative estimate of drug-likeness (QED) is 0.624. The number of esters is 2. The predicted molar refractivity (Wildman–Crippen MR) is 94.1 cm³/mol. The van der Waals surface area contributed by atoms with Crippen molar-refractivity contribution in [3.8, 4) is 0 Å². The first-order valence-corrected chi connectivity index (χ1v) is 8.91. The van der Waals surface area contributed by atoms with E-state index in [0.29, 0.717) is 25.5 Å². The van der Waals surface area contributed by atoms with Crippen molar-refractivity contribution in [2.75, 3.05) is 7.11 Å². The highest BCUT2D eigenvalue weighted by Gasteiger charge is 2.20. The van der Waals surface area contributed by atoms with E-state index in [0.717, 1.165) is 21.4 Å². The van der Waals surface area contributed by atoms with Crippen LogP contribution in [0.15, 0.2) is 24.3 Å². The van der Waals surface area contributed by atoms with Gasteiger partial charge in [-0.1, -0.05) is 29.8 Å². The Morgan fingerprint density at radius 1 is 1.17 bits per heavy atom. The molecule has 0 aliphatic carbocycles. The average Bonchev–Trinajstić information content (AvgIpc) is 3.13. The summed E-state index contributed by atoms with van der Waals surface area (Å²) in [6, 6.07) is 7.51. The first kappa shape index (κ1) is 16.9. The number of methoxy groups -OCH3 is 1. The van der Waals surface area contributed by atoms with Crippen molar-refractivity contribution in [2.45, 2.75) is 13.5 Å². The van der Waals surface area contributed by atoms with Gasteiger partial charge in [0.25, 0.3) is 0 Å². The van der Waals surface area contributed by atoms with E-state index in [2.05, 4.69) is 9.72 Å². The van der Waals surface area contributed by atoms with Gasteiger partial charge in [-0.2, -0.15) is 0 Å². The number of hydrogen-bond donors (Lipinski definition) is 0. The number of benzene rings is 1. The van der Waals surface area contributed by atoms with Crippen molar-refractivity contribution in [1.82, 2.24) is 4.98 Å². The van der Waals surface area contributed by atoms with Crippen LogP contribution in [0.2, 0.25) is 5.02 Å². The molecule has 0 fully saturated rings. The van der Waals surface area contributed by atoms with Gasteiger partial charge in [-0.05, 0) is 13.0 Å². The summed E-state index contributed by atoms with van der Waals surface area (Å²) < 4.78 is 10.9. The Bertz CT molecular complexity index is 931. The molecule has 8 heteroatoms. The topological polar surface area (TPSA) is 65.5 Å². The average molecular weight is 382 g/mol. The molecule has 0 aliphatic heterocycles. The summed E-state index contributed by atoms with van der Waals surface area (Å²) in [5, 5.41) is 1.75. The van der Waals surface area contributed by atoms with E-state index < -0.39 is 11.9 Å². The Morgan fingerprint density at radius 3 is 2.62 bits per heavy atom. The molecule has 3 aromatic rings. The Hall–Kier alpha value is -1.96. The molecular weight excluding hydrogens is 370 g/mol. The molecule has 0 amide bonds. The summed E-state index contributed by atoms with van der Waals surface area (Å²) in [6.45, 7) is 1.68. The first-order chi connectivity index (χ1) is 11.5. The van der Waals surface area contributed by atoms with E-state index in [9.17, 15) is 9.59 Å². The van der Waals surface area contributed by atoms with E-state index in [1.165, 1.54) is 18.4 Å².